The Morgan fingerprint density at radius 2 is 2.18 bits per heavy atom. The summed E-state index contributed by atoms with van der Waals surface area (Å²) in [5.41, 5.74) is 5.04. The third-order valence-corrected chi connectivity index (χ3v) is 7.04. The Bertz CT molecular complexity index is 1180. The number of aromatic amines is 1. The monoisotopic (exact) mass is 484 g/mol. The van der Waals surface area contributed by atoms with Crippen LogP contribution in [-0.4, -0.2) is 52.3 Å². The van der Waals surface area contributed by atoms with Crippen LogP contribution in [0.2, 0.25) is 0 Å². The number of amides is 1. The molecule has 0 radical (unpaired) electrons. The molecule has 0 spiro atoms. The van der Waals surface area contributed by atoms with Crippen molar-refractivity contribution in [2.75, 3.05) is 24.5 Å². The number of Topliss-reactive ketones (excluding diaryl/α,β-unsaturated/α-hetero) is 1. The molecule has 1 unspecified atom stereocenters. The third kappa shape index (κ3) is 4.65. The van der Waals surface area contributed by atoms with Crippen molar-refractivity contribution in [3.8, 4) is 11.4 Å². The number of ketones is 1. The van der Waals surface area contributed by atoms with Crippen LogP contribution in [0, 0.1) is 6.92 Å². The Morgan fingerprint density at radius 3 is 2.88 bits per heavy atom. The average Bonchev–Trinajstić information content (AvgIpc) is 3.55. The van der Waals surface area contributed by atoms with Gasteiger partial charge in [0.2, 0.25) is 5.91 Å². The van der Waals surface area contributed by atoms with Gasteiger partial charge in [-0.25, -0.2) is 9.97 Å². The molecule has 1 aliphatic rings. The smallest absolute Gasteiger partial charge is 0.244 e. The van der Waals surface area contributed by atoms with Crippen LogP contribution in [0.1, 0.15) is 66.7 Å². The third-order valence-electron chi connectivity index (χ3n) is 6.16. The molecular weight excluding hydrogens is 452 g/mol. The fraction of sp³-hybridized carbons (Fsp3) is 0.500. The van der Waals surface area contributed by atoms with Crippen LogP contribution < -0.4 is 15.5 Å². The molecule has 4 heterocycles. The first-order valence-corrected chi connectivity index (χ1v) is 12.5. The lowest BCUT2D eigenvalue weighted by molar-refractivity contribution is -0.122. The second-order valence-electron chi connectivity index (χ2n) is 8.85. The lowest BCUT2D eigenvalue weighted by Gasteiger charge is -2.34. The maximum absolute atomic E-state index is 13.1. The number of thiazole rings is 1. The second-order valence-corrected chi connectivity index (χ2v) is 9.69. The molecule has 1 amide bonds. The normalized spacial score (nSPS) is 16.3. The summed E-state index contributed by atoms with van der Waals surface area (Å²) >= 11 is 1.51. The van der Waals surface area contributed by atoms with Gasteiger partial charge in [-0.2, -0.15) is 0 Å². The number of carbonyl (C=O) groups is 2. The molecular formula is C24H32N6O3S. The molecule has 3 aromatic heterocycles. The number of hydrogen-bond acceptors (Lipinski definition) is 8. The van der Waals surface area contributed by atoms with Crippen LogP contribution in [0.4, 0.5) is 5.13 Å². The van der Waals surface area contributed by atoms with E-state index in [1.54, 1.807) is 6.92 Å². The first-order chi connectivity index (χ1) is 16.3. The molecule has 0 aliphatic carbocycles. The number of carbonyl (C=O) groups excluding carboxylic acids is 2. The van der Waals surface area contributed by atoms with E-state index >= 15 is 0 Å². The average molecular weight is 485 g/mol. The molecule has 182 valence electrons. The SMILES string of the molecule is CCc1c(-c2csc(N3CCNCC3C(=O)NCc3ncoc3C(C)C)n2)[nH]c(C)c1C(C)=O. The van der Waals surface area contributed by atoms with Crippen molar-refractivity contribution in [3.05, 3.63) is 40.0 Å². The van der Waals surface area contributed by atoms with Gasteiger partial charge in [-0.1, -0.05) is 20.8 Å². The molecule has 10 heteroatoms. The molecule has 9 nitrogen and oxygen atoms in total. The van der Waals surface area contributed by atoms with E-state index in [4.69, 9.17) is 9.40 Å². The molecule has 1 aliphatic heterocycles. The van der Waals surface area contributed by atoms with Crippen LogP contribution in [0.15, 0.2) is 16.2 Å². The van der Waals surface area contributed by atoms with E-state index in [9.17, 15) is 9.59 Å². The van der Waals surface area contributed by atoms with Crippen molar-refractivity contribution < 1.29 is 14.0 Å². The highest BCUT2D eigenvalue weighted by atomic mass is 32.1. The fourth-order valence-corrected chi connectivity index (χ4v) is 5.47. The number of oxazole rings is 1. The Kier molecular flexibility index (Phi) is 7.18. The Morgan fingerprint density at radius 1 is 1.38 bits per heavy atom. The number of hydrogen-bond donors (Lipinski definition) is 3. The highest BCUT2D eigenvalue weighted by molar-refractivity contribution is 7.14. The van der Waals surface area contributed by atoms with Crippen LogP contribution in [0.3, 0.4) is 0 Å². The molecule has 1 saturated heterocycles. The number of aromatic nitrogens is 3. The summed E-state index contributed by atoms with van der Waals surface area (Å²) in [5.74, 6) is 0.968. The van der Waals surface area contributed by atoms with Gasteiger partial charge in [-0.05, 0) is 25.8 Å². The first kappa shape index (κ1) is 24.2. The molecule has 34 heavy (non-hydrogen) atoms. The highest BCUT2D eigenvalue weighted by Crippen LogP contribution is 2.33. The van der Waals surface area contributed by atoms with Gasteiger partial charge in [0.25, 0.3) is 0 Å². The highest BCUT2D eigenvalue weighted by Gasteiger charge is 2.31. The van der Waals surface area contributed by atoms with E-state index in [0.717, 1.165) is 57.8 Å². The standard InChI is InChI=1S/C24H32N6O3S/c1-6-16-20(15(5)31)14(4)28-21(16)18-11-34-24(29-18)30-8-7-25-10-19(30)23(32)26-9-17-22(13(2)3)33-12-27-17/h11-13,19,25,28H,6-10H2,1-5H3,(H,26,32). The van der Waals surface area contributed by atoms with Gasteiger partial charge in [-0.3, -0.25) is 9.59 Å². The van der Waals surface area contributed by atoms with Gasteiger partial charge in [0.1, 0.15) is 23.2 Å². The number of nitrogens with zero attached hydrogens (tertiary/aromatic N) is 3. The predicted molar refractivity (Wildman–Crippen MR) is 132 cm³/mol. The minimum atomic E-state index is -0.383. The predicted octanol–water partition coefficient (Wildman–Crippen LogP) is 3.42. The summed E-state index contributed by atoms with van der Waals surface area (Å²) in [4.78, 5) is 39.8. The van der Waals surface area contributed by atoms with Crippen molar-refractivity contribution in [1.29, 1.82) is 0 Å². The molecule has 0 bridgehead atoms. The van der Waals surface area contributed by atoms with Gasteiger partial charge < -0.3 is 24.9 Å². The Labute approximate surface area is 203 Å². The minimum absolute atomic E-state index is 0.0545. The number of piperazine rings is 1. The zero-order valence-corrected chi connectivity index (χ0v) is 21.1. The maximum Gasteiger partial charge on any atom is 0.244 e. The molecule has 3 aromatic rings. The molecule has 4 rings (SSSR count). The molecule has 1 atom stereocenters. The Hall–Kier alpha value is -2.98. The Balaban J connectivity index is 1.54. The fourth-order valence-electron chi connectivity index (χ4n) is 4.57. The summed E-state index contributed by atoms with van der Waals surface area (Å²) in [6.45, 7) is 11.9. The van der Waals surface area contributed by atoms with Crippen LogP contribution >= 0.6 is 11.3 Å². The van der Waals surface area contributed by atoms with Crippen LogP contribution in [-0.2, 0) is 17.8 Å². The second kappa shape index (κ2) is 10.1. The summed E-state index contributed by atoms with van der Waals surface area (Å²) in [6, 6.07) is -0.383. The number of aryl methyl sites for hydroxylation is 1. The van der Waals surface area contributed by atoms with Gasteiger partial charge in [0, 0.05) is 42.2 Å². The van der Waals surface area contributed by atoms with Gasteiger partial charge >= 0.3 is 0 Å². The van der Waals surface area contributed by atoms with Crippen molar-refractivity contribution in [3.63, 3.8) is 0 Å². The van der Waals surface area contributed by atoms with Crippen molar-refractivity contribution in [1.82, 2.24) is 25.6 Å². The van der Waals surface area contributed by atoms with Gasteiger partial charge in [0.05, 0.1) is 12.2 Å². The van der Waals surface area contributed by atoms with E-state index in [0.29, 0.717) is 19.6 Å². The van der Waals surface area contributed by atoms with E-state index in [2.05, 4.69) is 25.5 Å². The lowest BCUT2D eigenvalue weighted by Crippen LogP contribution is -2.58. The van der Waals surface area contributed by atoms with E-state index in [1.165, 1.54) is 17.7 Å². The largest absolute Gasteiger partial charge is 0.448 e. The summed E-state index contributed by atoms with van der Waals surface area (Å²) < 4.78 is 5.47. The lowest BCUT2D eigenvalue weighted by atomic mass is 10.0. The summed E-state index contributed by atoms with van der Waals surface area (Å²) in [6.07, 6.45) is 2.16. The number of nitrogens with one attached hydrogen (secondary N) is 3. The maximum atomic E-state index is 13.1. The van der Waals surface area contributed by atoms with Crippen LogP contribution in [0.25, 0.3) is 11.4 Å². The van der Waals surface area contributed by atoms with Crippen LogP contribution in [0.5, 0.6) is 0 Å². The van der Waals surface area contributed by atoms with Gasteiger partial charge in [-0.15, -0.1) is 11.3 Å². The van der Waals surface area contributed by atoms with E-state index < -0.39 is 0 Å². The molecule has 1 fully saturated rings. The van der Waals surface area contributed by atoms with Gasteiger partial charge in [0.15, 0.2) is 17.3 Å². The number of anilines is 1. The van der Waals surface area contributed by atoms with Crippen molar-refractivity contribution in [2.45, 2.75) is 59.5 Å². The van der Waals surface area contributed by atoms with Crippen molar-refractivity contribution >= 4 is 28.2 Å². The zero-order chi connectivity index (χ0) is 24.4. The van der Waals surface area contributed by atoms with Crippen molar-refractivity contribution in [2.24, 2.45) is 0 Å². The molecule has 0 aromatic carbocycles. The minimum Gasteiger partial charge on any atom is -0.448 e. The van der Waals surface area contributed by atoms with E-state index in [-0.39, 0.29) is 23.7 Å². The molecule has 0 saturated carbocycles. The summed E-state index contributed by atoms with van der Waals surface area (Å²) in [5, 5.41) is 9.12. The topological polar surface area (TPSA) is 116 Å². The van der Waals surface area contributed by atoms with E-state index in [1.807, 2.05) is 33.1 Å². The number of rotatable bonds is 8. The quantitative estimate of drug-likeness (QED) is 0.420. The molecule has 3 N–H and O–H groups in total. The number of H-pyrrole nitrogens is 1. The first-order valence-electron chi connectivity index (χ1n) is 11.7. The zero-order valence-electron chi connectivity index (χ0n) is 20.3. The summed E-state index contributed by atoms with van der Waals surface area (Å²) in [7, 11) is 0.